The van der Waals surface area contributed by atoms with E-state index in [1.165, 1.54) is 7.11 Å². The molecule has 0 radical (unpaired) electrons. The molecule has 8 nitrogen and oxygen atoms in total. The largest absolute Gasteiger partial charge is 0.467 e. The topological polar surface area (TPSA) is 114 Å². The van der Waals surface area contributed by atoms with Gasteiger partial charge >= 0.3 is 12.1 Å². The van der Waals surface area contributed by atoms with E-state index >= 15 is 0 Å². The van der Waals surface area contributed by atoms with Crippen LogP contribution >= 0.6 is 0 Å². The zero-order valence-corrected chi connectivity index (χ0v) is 20.1. The third kappa shape index (κ3) is 8.56. The smallest absolute Gasteiger partial charge is 0.407 e. The number of hydrogen-bond acceptors (Lipinski definition) is 6. The van der Waals surface area contributed by atoms with E-state index in [0.717, 1.165) is 22.3 Å². The van der Waals surface area contributed by atoms with E-state index in [1.807, 2.05) is 84.9 Å². The second-order valence-corrected chi connectivity index (χ2v) is 8.21. The van der Waals surface area contributed by atoms with Crippen molar-refractivity contribution in [3.05, 3.63) is 96.1 Å². The van der Waals surface area contributed by atoms with E-state index in [0.29, 0.717) is 0 Å². The average Bonchev–Trinajstić information content (AvgIpc) is 2.91. The number of hydrogen-bond donors (Lipinski definition) is 3. The van der Waals surface area contributed by atoms with E-state index in [9.17, 15) is 19.5 Å². The molecule has 0 bridgehead atoms. The molecule has 2 atom stereocenters. The number of rotatable bonds is 11. The number of amides is 2. The minimum Gasteiger partial charge on any atom is -0.467 e. The normalized spacial score (nSPS) is 12.2. The van der Waals surface area contributed by atoms with E-state index in [-0.39, 0.29) is 26.0 Å². The van der Waals surface area contributed by atoms with Crippen molar-refractivity contribution >= 4 is 18.0 Å². The van der Waals surface area contributed by atoms with Crippen LogP contribution in [0.4, 0.5) is 4.79 Å². The summed E-state index contributed by atoms with van der Waals surface area (Å²) in [7, 11) is 1.25. The van der Waals surface area contributed by atoms with Crippen LogP contribution in [0.3, 0.4) is 0 Å². The number of nitrogens with one attached hydrogen (secondary N) is 2. The highest BCUT2D eigenvalue weighted by Crippen LogP contribution is 2.20. The molecule has 0 aliphatic carbocycles. The summed E-state index contributed by atoms with van der Waals surface area (Å²) in [5, 5.41) is 15.2. The number of aliphatic hydroxyl groups is 1. The van der Waals surface area contributed by atoms with Gasteiger partial charge in [0.1, 0.15) is 12.6 Å². The van der Waals surface area contributed by atoms with Crippen LogP contribution in [0, 0.1) is 0 Å². The van der Waals surface area contributed by atoms with E-state index < -0.39 is 30.1 Å². The summed E-state index contributed by atoms with van der Waals surface area (Å²) in [6.07, 6.45) is -1.94. The fourth-order valence-corrected chi connectivity index (χ4v) is 3.55. The summed E-state index contributed by atoms with van der Waals surface area (Å²) in [6.45, 7) is -0.0821. The molecule has 0 aliphatic heterocycles. The predicted octanol–water partition coefficient (Wildman–Crippen LogP) is 3.23. The Labute approximate surface area is 210 Å². The van der Waals surface area contributed by atoms with Crippen molar-refractivity contribution in [1.29, 1.82) is 0 Å². The maximum atomic E-state index is 12.4. The van der Waals surface area contributed by atoms with Crippen LogP contribution in [0.15, 0.2) is 84.9 Å². The monoisotopic (exact) mass is 490 g/mol. The fraction of sp³-hybridized carbons (Fsp3) is 0.250. The minimum absolute atomic E-state index is 0.0936. The van der Waals surface area contributed by atoms with Crippen LogP contribution < -0.4 is 10.6 Å². The molecule has 0 heterocycles. The van der Waals surface area contributed by atoms with Crippen LogP contribution in [0.5, 0.6) is 0 Å². The lowest BCUT2D eigenvalue weighted by molar-refractivity contribution is -0.145. The standard InChI is InChI=1S/C28H30N2O6/c1-35-27(33)25(16-20-12-14-23(15-13-20)22-10-6-3-7-11-22)30-26(32)17-24(31)18-29-28(34)36-19-21-8-4-2-5-9-21/h2-15,24-25,31H,16-19H2,1H3,(H,29,34)(H,30,32)/t24-,25+/m1/s1. The molecule has 8 heteroatoms. The highest BCUT2D eigenvalue weighted by Gasteiger charge is 2.23. The summed E-state index contributed by atoms with van der Waals surface area (Å²) in [4.78, 5) is 36.5. The van der Waals surface area contributed by atoms with Crippen molar-refractivity contribution in [3.63, 3.8) is 0 Å². The van der Waals surface area contributed by atoms with Crippen molar-refractivity contribution in [2.75, 3.05) is 13.7 Å². The lowest BCUT2D eigenvalue weighted by Gasteiger charge is -2.18. The molecular formula is C28H30N2O6. The Morgan fingerprint density at radius 1 is 0.833 bits per heavy atom. The fourth-order valence-electron chi connectivity index (χ4n) is 3.55. The maximum absolute atomic E-state index is 12.4. The molecule has 188 valence electrons. The first-order valence-corrected chi connectivity index (χ1v) is 11.6. The van der Waals surface area contributed by atoms with Crippen molar-refractivity contribution in [2.24, 2.45) is 0 Å². The third-order valence-electron chi connectivity index (χ3n) is 5.44. The van der Waals surface area contributed by atoms with Crippen LogP contribution in [-0.2, 0) is 32.1 Å². The van der Waals surface area contributed by atoms with Gasteiger partial charge in [-0.1, -0.05) is 84.9 Å². The molecule has 3 N–H and O–H groups in total. The number of methoxy groups -OCH3 is 1. The van der Waals surface area contributed by atoms with Gasteiger partial charge in [-0.2, -0.15) is 0 Å². The Morgan fingerprint density at radius 3 is 2.08 bits per heavy atom. The first-order chi connectivity index (χ1) is 17.4. The van der Waals surface area contributed by atoms with Crippen LogP contribution in [0.2, 0.25) is 0 Å². The predicted molar refractivity (Wildman–Crippen MR) is 135 cm³/mol. The van der Waals surface area contributed by atoms with Gasteiger partial charge in [-0.05, 0) is 22.3 Å². The van der Waals surface area contributed by atoms with Gasteiger partial charge in [0.05, 0.1) is 19.6 Å². The summed E-state index contributed by atoms with van der Waals surface area (Å²) >= 11 is 0. The van der Waals surface area contributed by atoms with Gasteiger partial charge < -0.3 is 25.2 Å². The number of benzene rings is 3. The number of carbonyl (C=O) groups is 3. The van der Waals surface area contributed by atoms with Gasteiger partial charge in [-0.25, -0.2) is 9.59 Å². The average molecular weight is 491 g/mol. The Bertz CT molecular complexity index is 1120. The molecule has 0 spiro atoms. The molecule has 3 aromatic rings. The molecule has 36 heavy (non-hydrogen) atoms. The molecule has 0 saturated carbocycles. The number of alkyl carbamates (subject to hydrolysis) is 1. The lowest BCUT2D eigenvalue weighted by atomic mass is 10.0. The van der Waals surface area contributed by atoms with E-state index in [1.54, 1.807) is 0 Å². The van der Waals surface area contributed by atoms with Gasteiger partial charge in [0.15, 0.2) is 0 Å². The van der Waals surface area contributed by atoms with Crippen LogP contribution in [-0.4, -0.2) is 48.9 Å². The van der Waals surface area contributed by atoms with E-state index in [4.69, 9.17) is 9.47 Å². The second-order valence-electron chi connectivity index (χ2n) is 8.21. The van der Waals surface area contributed by atoms with Crippen LogP contribution in [0.1, 0.15) is 17.5 Å². The molecule has 0 saturated heterocycles. The highest BCUT2D eigenvalue weighted by molar-refractivity contribution is 5.85. The molecule has 2 amide bonds. The summed E-state index contributed by atoms with van der Waals surface area (Å²) in [5.74, 6) is -1.13. The van der Waals surface area contributed by atoms with Gasteiger partial charge in [0, 0.05) is 13.0 Å². The lowest BCUT2D eigenvalue weighted by Crippen LogP contribution is -2.45. The quantitative estimate of drug-likeness (QED) is 0.356. The van der Waals surface area contributed by atoms with Gasteiger partial charge in [0.2, 0.25) is 5.91 Å². The Balaban J connectivity index is 1.46. The summed E-state index contributed by atoms with van der Waals surface area (Å²) in [5.41, 5.74) is 3.79. The van der Waals surface area contributed by atoms with Gasteiger partial charge in [-0.15, -0.1) is 0 Å². The van der Waals surface area contributed by atoms with Crippen LogP contribution in [0.25, 0.3) is 11.1 Å². The van der Waals surface area contributed by atoms with Crippen molar-refractivity contribution < 1.29 is 29.0 Å². The highest BCUT2D eigenvalue weighted by atomic mass is 16.5. The molecule has 3 rings (SSSR count). The van der Waals surface area contributed by atoms with Gasteiger partial charge in [0.25, 0.3) is 0 Å². The molecule has 0 fully saturated rings. The molecule has 3 aromatic carbocycles. The minimum atomic E-state index is -1.15. The Morgan fingerprint density at radius 2 is 1.44 bits per heavy atom. The van der Waals surface area contributed by atoms with Crippen molar-refractivity contribution in [2.45, 2.75) is 31.6 Å². The van der Waals surface area contributed by atoms with Crippen molar-refractivity contribution in [3.8, 4) is 11.1 Å². The number of ether oxygens (including phenoxy) is 2. The zero-order valence-electron chi connectivity index (χ0n) is 20.1. The number of esters is 1. The molecular weight excluding hydrogens is 460 g/mol. The first kappa shape index (κ1) is 26.4. The molecule has 0 unspecified atom stereocenters. The van der Waals surface area contributed by atoms with Gasteiger partial charge in [-0.3, -0.25) is 4.79 Å². The zero-order chi connectivity index (χ0) is 25.8. The summed E-state index contributed by atoms with van der Waals surface area (Å²) < 4.78 is 9.91. The Kier molecular flexibility index (Phi) is 10.0. The molecule has 0 aromatic heterocycles. The summed E-state index contributed by atoms with van der Waals surface area (Å²) in [6, 6.07) is 25.8. The maximum Gasteiger partial charge on any atom is 0.407 e. The van der Waals surface area contributed by atoms with Crippen molar-refractivity contribution in [1.82, 2.24) is 10.6 Å². The number of aliphatic hydroxyl groups excluding tert-OH is 1. The van der Waals surface area contributed by atoms with E-state index in [2.05, 4.69) is 10.6 Å². The second kappa shape index (κ2) is 13.7. The third-order valence-corrected chi connectivity index (χ3v) is 5.44. The molecule has 0 aliphatic rings. The SMILES string of the molecule is COC(=O)[C@H](Cc1ccc(-c2ccccc2)cc1)NC(=O)C[C@@H](O)CNC(=O)OCc1ccccc1. The first-order valence-electron chi connectivity index (χ1n) is 11.6. The Hall–Kier alpha value is -4.17. The number of carbonyl (C=O) groups excluding carboxylic acids is 3.